The highest BCUT2D eigenvalue weighted by Gasteiger charge is 2.16. The quantitative estimate of drug-likeness (QED) is 0.690. The van der Waals surface area contributed by atoms with E-state index in [2.05, 4.69) is 46.5 Å². The first kappa shape index (κ1) is 21.2. The molecule has 2 N–H and O–H groups in total. The monoisotopic (exact) mass is 412 g/mol. The maximum absolute atomic E-state index is 12.3. The molecule has 0 radical (unpaired) electrons. The molecule has 2 amide bonds. The summed E-state index contributed by atoms with van der Waals surface area (Å²) in [5.74, 6) is 0.315. The minimum atomic E-state index is -0.104. The van der Waals surface area contributed by atoms with Crippen LogP contribution in [0, 0.1) is 0 Å². The van der Waals surface area contributed by atoms with E-state index in [0.29, 0.717) is 11.0 Å². The Kier molecular flexibility index (Phi) is 7.17. The zero-order chi connectivity index (χ0) is 20.8. The first-order valence-electron chi connectivity index (χ1n) is 9.94. The van der Waals surface area contributed by atoms with E-state index in [0.717, 1.165) is 43.0 Å². The molecule has 29 heavy (non-hydrogen) atoms. The summed E-state index contributed by atoms with van der Waals surface area (Å²) in [6, 6.07) is 8.03. The molecule has 0 saturated carbocycles. The van der Waals surface area contributed by atoms with Crippen LogP contribution in [-0.2, 0) is 16.1 Å². The minimum absolute atomic E-state index is 0.0619. The van der Waals surface area contributed by atoms with Crippen molar-refractivity contribution in [3.05, 3.63) is 52.6 Å². The number of hydrogen-bond acceptors (Lipinski definition) is 5. The summed E-state index contributed by atoms with van der Waals surface area (Å²) in [5.41, 5.74) is 3.27. The number of carbonyl (C=O) groups is 2. The molecule has 0 atom stereocenters. The van der Waals surface area contributed by atoms with Crippen LogP contribution in [0.15, 0.2) is 42.1 Å². The van der Waals surface area contributed by atoms with E-state index in [1.165, 1.54) is 29.4 Å². The van der Waals surface area contributed by atoms with Crippen molar-refractivity contribution < 1.29 is 9.59 Å². The van der Waals surface area contributed by atoms with E-state index < -0.39 is 0 Å². The van der Waals surface area contributed by atoms with Crippen molar-refractivity contribution in [2.75, 3.05) is 23.7 Å². The molecule has 2 aromatic rings. The van der Waals surface area contributed by atoms with Crippen molar-refractivity contribution in [1.29, 1.82) is 0 Å². The van der Waals surface area contributed by atoms with Gasteiger partial charge in [-0.2, -0.15) is 0 Å². The molecule has 2 heterocycles. The van der Waals surface area contributed by atoms with Crippen LogP contribution in [0.25, 0.3) is 0 Å². The Hall–Kier alpha value is -2.51. The van der Waals surface area contributed by atoms with E-state index in [4.69, 9.17) is 0 Å². The smallest absolute Gasteiger partial charge is 0.248 e. The molecule has 0 bridgehead atoms. The van der Waals surface area contributed by atoms with E-state index >= 15 is 0 Å². The van der Waals surface area contributed by atoms with Gasteiger partial charge in [0.2, 0.25) is 11.8 Å². The van der Waals surface area contributed by atoms with Crippen LogP contribution in [0.4, 0.5) is 10.8 Å². The van der Waals surface area contributed by atoms with Crippen molar-refractivity contribution >= 4 is 34.0 Å². The van der Waals surface area contributed by atoms with Crippen LogP contribution >= 0.6 is 11.3 Å². The molecule has 7 heteroatoms. The number of hydrogen-bond donors (Lipinski definition) is 2. The number of piperidine rings is 1. The van der Waals surface area contributed by atoms with Crippen molar-refractivity contribution in [2.24, 2.45) is 0 Å². The standard InChI is InChI=1S/C22H28N4O2S/c1-15(2)18-4-6-19(7-5-18)25-21(28)12-17-8-10-26(11-9-17)14-20-13-23-22(29-20)24-16(3)27/h4-7,12-13,15H,8-11,14H2,1-3H3,(H,25,28)(H,23,24,27). The third kappa shape index (κ3) is 6.51. The molecule has 154 valence electrons. The molecule has 1 saturated heterocycles. The average Bonchev–Trinajstić information content (AvgIpc) is 3.09. The summed E-state index contributed by atoms with van der Waals surface area (Å²) in [6.07, 6.45) is 5.34. The molecular formula is C22H28N4O2S. The van der Waals surface area contributed by atoms with Gasteiger partial charge >= 0.3 is 0 Å². The summed E-state index contributed by atoms with van der Waals surface area (Å²) < 4.78 is 0. The number of likely N-dealkylation sites (tertiary alicyclic amines) is 1. The van der Waals surface area contributed by atoms with Gasteiger partial charge in [-0.3, -0.25) is 14.5 Å². The molecule has 1 aliphatic rings. The van der Waals surface area contributed by atoms with Crippen LogP contribution in [0.2, 0.25) is 0 Å². The van der Waals surface area contributed by atoms with Gasteiger partial charge in [-0.05, 0) is 36.5 Å². The Labute approximate surface area is 176 Å². The van der Waals surface area contributed by atoms with Crippen molar-refractivity contribution in [2.45, 2.75) is 46.1 Å². The number of nitrogens with one attached hydrogen (secondary N) is 2. The molecule has 1 aliphatic heterocycles. The maximum atomic E-state index is 12.3. The lowest BCUT2D eigenvalue weighted by atomic mass is 10.0. The summed E-state index contributed by atoms with van der Waals surface area (Å²) in [6.45, 7) is 8.43. The molecule has 0 spiro atoms. The van der Waals surface area contributed by atoms with Gasteiger partial charge in [-0.25, -0.2) is 4.98 Å². The van der Waals surface area contributed by atoms with E-state index in [1.54, 1.807) is 6.08 Å². The fourth-order valence-electron chi connectivity index (χ4n) is 3.27. The number of nitrogens with zero attached hydrogens (tertiary/aromatic N) is 2. The van der Waals surface area contributed by atoms with Gasteiger partial charge in [0.15, 0.2) is 5.13 Å². The third-order valence-corrected chi connectivity index (χ3v) is 5.79. The summed E-state index contributed by atoms with van der Waals surface area (Å²) in [4.78, 5) is 31.1. The lowest BCUT2D eigenvalue weighted by molar-refractivity contribution is -0.114. The van der Waals surface area contributed by atoms with Crippen LogP contribution in [0.3, 0.4) is 0 Å². The molecule has 1 aromatic heterocycles. The number of rotatable bonds is 6. The van der Waals surface area contributed by atoms with Gasteiger partial charge in [-0.1, -0.05) is 31.6 Å². The summed E-state index contributed by atoms with van der Waals surface area (Å²) in [7, 11) is 0. The number of aromatic nitrogens is 1. The number of anilines is 2. The highest BCUT2D eigenvalue weighted by Crippen LogP contribution is 2.23. The SMILES string of the molecule is CC(=O)Nc1ncc(CN2CCC(=CC(=O)Nc3ccc(C(C)C)cc3)CC2)s1. The number of thiazole rings is 1. The van der Waals surface area contributed by atoms with E-state index in [1.807, 2.05) is 18.3 Å². The van der Waals surface area contributed by atoms with Gasteiger partial charge in [0.05, 0.1) is 0 Å². The van der Waals surface area contributed by atoms with Crippen LogP contribution in [0.1, 0.15) is 50.0 Å². The molecule has 3 rings (SSSR count). The lowest BCUT2D eigenvalue weighted by Gasteiger charge is -2.27. The van der Waals surface area contributed by atoms with E-state index in [-0.39, 0.29) is 11.8 Å². The topological polar surface area (TPSA) is 74.3 Å². The first-order chi connectivity index (χ1) is 13.9. The molecule has 1 fully saturated rings. The molecule has 0 unspecified atom stereocenters. The van der Waals surface area contributed by atoms with Crippen LogP contribution in [-0.4, -0.2) is 34.8 Å². The van der Waals surface area contributed by atoms with E-state index in [9.17, 15) is 9.59 Å². The lowest BCUT2D eigenvalue weighted by Crippen LogP contribution is -2.30. The van der Waals surface area contributed by atoms with Gasteiger partial charge < -0.3 is 10.6 Å². The van der Waals surface area contributed by atoms with Gasteiger partial charge in [0.25, 0.3) is 0 Å². The number of amides is 2. The Morgan fingerprint density at radius 1 is 1.17 bits per heavy atom. The van der Waals surface area contributed by atoms with Gasteiger partial charge in [0, 0.05) is 49.4 Å². The second-order valence-corrected chi connectivity index (χ2v) is 8.77. The van der Waals surface area contributed by atoms with Crippen LogP contribution in [0.5, 0.6) is 0 Å². The minimum Gasteiger partial charge on any atom is -0.323 e. The zero-order valence-corrected chi connectivity index (χ0v) is 18.0. The van der Waals surface area contributed by atoms with Crippen molar-refractivity contribution in [1.82, 2.24) is 9.88 Å². The highest BCUT2D eigenvalue weighted by atomic mass is 32.1. The largest absolute Gasteiger partial charge is 0.323 e. The Bertz CT molecular complexity index is 876. The van der Waals surface area contributed by atoms with Gasteiger partial charge in [0.1, 0.15) is 0 Å². The third-order valence-electron chi connectivity index (χ3n) is 4.89. The second kappa shape index (κ2) is 9.80. The Morgan fingerprint density at radius 3 is 2.48 bits per heavy atom. The fourth-order valence-corrected chi connectivity index (χ4v) is 4.17. The predicted molar refractivity (Wildman–Crippen MR) is 118 cm³/mol. The molecule has 6 nitrogen and oxygen atoms in total. The molecular weight excluding hydrogens is 384 g/mol. The second-order valence-electron chi connectivity index (χ2n) is 7.66. The van der Waals surface area contributed by atoms with Gasteiger partial charge in [-0.15, -0.1) is 11.3 Å². The van der Waals surface area contributed by atoms with Crippen molar-refractivity contribution in [3.63, 3.8) is 0 Å². The fraction of sp³-hybridized carbons (Fsp3) is 0.409. The maximum Gasteiger partial charge on any atom is 0.248 e. The van der Waals surface area contributed by atoms with Crippen molar-refractivity contribution in [3.8, 4) is 0 Å². The van der Waals surface area contributed by atoms with Crippen LogP contribution < -0.4 is 10.6 Å². The number of benzene rings is 1. The summed E-state index contributed by atoms with van der Waals surface area (Å²) >= 11 is 1.51. The zero-order valence-electron chi connectivity index (χ0n) is 17.2. The normalized spacial score (nSPS) is 14.7. The average molecular weight is 413 g/mol. The highest BCUT2D eigenvalue weighted by molar-refractivity contribution is 7.15. The Morgan fingerprint density at radius 2 is 1.86 bits per heavy atom. The first-order valence-corrected chi connectivity index (χ1v) is 10.8. The Balaban J connectivity index is 1.46. The molecule has 1 aromatic carbocycles. The molecule has 0 aliphatic carbocycles. The number of carbonyl (C=O) groups excluding carboxylic acids is 2. The predicted octanol–water partition coefficient (Wildman–Crippen LogP) is 4.39. The summed E-state index contributed by atoms with van der Waals surface area (Å²) in [5, 5.41) is 6.31.